The smallest absolute Gasteiger partial charge is 0.244 e. The minimum Gasteiger partial charge on any atom is -0.379 e. The first kappa shape index (κ1) is 15.3. The summed E-state index contributed by atoms with van der Waals surface area (Å²) in [5.74, 6) is 1.73. The maximum absolute atomic E-state index is 12.9. The first-order valence-corrected chi connectivity index (χ1v) is 8.77. The summed E-state index contributed by atoms with van der Waals surface area (Å²) in [6.45, 7) is 6.78. The fourth-order valence-electron chi connectivity index (χ4n) is 3.80. The zero-order valence-corrected chi connectivity index (χ0v) is 13.6. The Hall–Kier alpha value is -0.610. The van der Waals surface area contributed by atoms with Gasteiger partial charge in [0.2, 0.25) is 5.91 Å². The van der Waals surface area contributed by atoms with Gasteiger partial charge in [-0.2, -0.15) is 0 Å². The molecule has 3 aliphatic rings. The molecule has 0 aromatic carbocycles. The number of carbonyl (C=O) groups is 1. The number of hydrogen-bond acceptors (Lipinski definition) is 3. The van der Waals surface area contributed by atoms with Gasteiger partial charge >= 0.3 is 0 Å². The third-order valence-electron chi connectivity index (χ3n) is 5.17. The van der Waals surface area contributed by atoms with Gasteiger partial charge in [-0.1, -0.05) is 26.7 Å². The van der Waals surface area contributed by atoms with Crippen LogP contribution in [0.25, 0.3) is 0 Å². The number of rotatable bonds is 7. The largest absolute Gasteiger partial charge is 0.379 e. The first-order valence-electron chi connectivity index (χ1n) is 8.77. The minimum absolute atomic E-state index is 0.208. The highest BCUT2D eigenvalue weighted by molar-refractivity contribution is 5.89. The molecule has 2 aliphatic carbocycles. The summed E-state index contributed by atoms with van der Waals surface area (Å²) < 4.78 is 5.75. The quantitative estimate of drug-likeness (QED) is 0.734. The average molecular weight is 294 g/mol. The normalized spacial score (nSPS) is 28.2. The summed E-state index contributed by atoms with van der Waals surface area (Å²) in [4.78, 5) is 14.9. The van der Waals surface area contributed by atoms with Crippen molar-refractivity contribution in [2.75, 3.05) is 19.8 Å². The second kappa shape index (κ2) is 6.25. The van der Waals surface area contributed by atoms with E-state index in [-0.39, 0.29) is 11.7 Å². The highest BCUT2D eigenvalue weighted by atomic mass is 16.5. The number of nitrogens with one attached hydrogen (secondary N) is 1. The molecule has 1 N–H and O–H groups in total. The van der Waals surface area contributed by atoms with Crippen LogP contribution in [0.15, 0.2) is 0 Å². The monoisotopic (exact) mass is 294 g/mol. The maximum Gasteiger partial charge on any atom is 0.244 e. The zero-order chi connectivity index (χ0) is 14.9. The predicted molar refractivity (Wildman–Crippen MR) is 82.8 cm³/mol. The molecule has 1 amide bonds. The Bertz CT molecular complexity index is 373. The summed E-state index contributed by atoms with van der Waals surface area (Å²) in [7, 11) is 0. The molecule has 1 heterocycles. The molecule has 1 aliphatic heterocycles. The van der Waals surface area contributed by atoms with Gasteiger partial charge in [-0.15, -0.1) is 0 Å². The number of carbonyl (C=O) groups excluding carboxylic acids is 1. The second-order valence-corrected chi connectivity index (χ2v) is 7.60. The van der Waals surface area contributed by atoms with Crippen LogP contribution in [0.2, 0.25) is 0 Å². The molecule has 120 valence electrons. The molecular weight excluding hydrogens is 264 g/mol. The highest BCUT2D eigenvalue weighted by Gasteiger charge is 2.51. The topological polar surface area (TPSA) is 41.6 Å². The van der Waals surface area contributed by atoms with E-state index in [1.54, 1.807) is 0 Å². The lowest BCUT2D eigenvalue weighted by molar-refractivity contribution is -0.134. The molecule has 3 fully saturated rings. The Labute approximate surface area is 128 Å². The molecule has 21 heavy (non-hydrogen) atoms. The Morgan fingerprint density at radius 3 is 2.67 bits per heavy atom. The molecule has 2 saturated carbocycles. The van der Waals surface area contributed by atoms with Gasteiger partial charge in [0, 0.05) is 13.2 Å². The van der Waals surface area contributed by atoms with Crippen LogP contribution in [-0.4, -0.2) is 42.3 Å². The summed E-state index contributed by atoms with van der Waals surface area (Å²) in [5, 5.41) is 3.68. The van der Waals surface area contributed by atoms with E-state index in [0.29, 0.717) is 18.4 Å². The number of hydrogen-bond donors (Lipinski definition) is 1. The predicted octanol–water partition coefficient (Wildman–Crippen LogP) is 2.53. The van der Waals surface area contributed by atoms with Gasteiger partial charge < -0.3 is 9.64 Å². The Morgan fingerprint density at radius 1 is 1.33 bits per heavy atom. The number of ether oxygens (including phenoxy) is 1. The number of amides is 1. The Balaban J connectivity index is 1.57. The van der Waals surface area contributed by atoms with E-state index in [0.717, 1.165) is 38.3 Å². The van der Waals surface area contributed by atoms with Crippen molar-refractivity contribution in [3.63, 3.8) is 0 Å². The van der Waals surface area contributed by atoms with Gasteiger partial charge in [0.1, 0.15) is 0 Å². The highest BCUT2D eigenvalue weighted by Crippen LogP contribution is 2.37. The van der Waals surface area contributed by atoms with Gasteiger partial charge in [-0.25, -0.2) is 0 Å². The van der Waals surface area contributed by atoms with E-state index >= 15 is 0 Å². The van der Waals surface area contributed by atoms with E-state index in [4.69, 9.17) is 4.74 Å². The van der Waals surface area contributed by atoms with E-state index in [1.807, 2.05) is 0 Å². The molecule has 1 spiro atoms. The van der Waals surface area contributed by atoms with Gasteiger partial charge in [0.25, 0.3) is 0 Å². The summed E-state index contributed by atoms with van der Waals surface area (Å²) >= 11 is 0. The lowest BCUT2D eigenvalue weighted by Crippen LogP contribution is -2.44. The lowest BCUT2D eigenvalue weighted by atomic mass is 9.98. The third-order valence-corrected chi connectivity index (χ3v) is 5.17. The average Bonchev–Trinajstić information content (AvgIpc) is 3.08. The molecule has 0 aromatic rings. The molecule has 0 aromatic heterocycles. The van der Waals surface area contributed by atoms with Crippen molar-refractivity contribution in [3.05, 3.63) is 0 Å². The minimum atomic E-state index is -0.240. The van der Waals surface area contributed by atoms with E-state index in [2.05, 4.69) is 24.1 Å². The zero-order valence-electron chi connectivity index (χ0n) is 13.6. The van der Waals surface area contributed by atoms with Crippen LogP contribution in [0.1, 0.15) is 58.8 Å². The van der Waals surface area contributed by atoms with Crippen molar-refractivity contribution in [1.82, 2.24) is 10.2 Å². The summed E-state index contributed by atoms with van der Waals surface area (Å²) in [5.41, 5.74) is -0.240. The van der Waals surface area contributed by atoms with Crippen LogP contribution in [0.4, 0.5) is 0 Å². The van der Waals surface area contributed by atoms with Crippen LogP contribution < -0.4 is 5.32 Å². The molecule has 4 heteroatoms. The van der Waals surface area contributed by atoms with Crippen molar-refractivity contribution < 1.29 is 9.53 Å². The summed E-state index contributed by atoms with van der Waals surface area (Å²) in [6, 6.07) is 0. The van der Waals surface area contributed by atoms with E-state index < -0.39 is 0 Å². The third kappa shape index (κ3) is 3.42. The van der Waals surface area contributed by atoms with Crippen molar-refractivity contribution in [3.8, 4) is 0 Å². The van der Waals surface area contributed by atoms with Crippen LogP contribution in [0.3, 0.4) is 0 Å². The van der Waals surface area contributed by atoms with Gasteiger partial charge in [0.15, 0.2) is 0 Å². The molecule has 4 nitrogen and oxygen atoms in total. The first-order chi connectivity index (χ1) is 10.1. The number of nitrogens with zero attached hydrogens (tertiary/aromatic N) is 1. The van der Waals surface area contributed by atoms with Crippen molar-refractivity contribution in [1.29, 1.82) is 0 Å². The molecule has 0 bridgehead atoms. The van der Waals surface area contributed by atoms with E-state index in [1.165, 1.54) is 25.7 Å². The van der Waals surface area contributed by atoms with Crippen molar-refractivity contribution in [2.24, 2.45) is 11.8 Å². The molecule has 3 rings (SSSR count). The van der Waals surface area contributed by atoms with Crippen molar-refractivity contribution >= 4 is 5.91 Å². The standard InChI is InChI=1S/C17H30N2O2/c1-13(2)11-15-18-17(7-3-4-8-17)16(20)19(15)9-10-21-12-14-5-6-14/h13-15,18H,3-12H2,1-2H3. The second-order valence-electron chi connectivity index (χ2n) is 7.60. The van der Waals surface area contributed by atoms with Crippen LogP contribution >= 0.6 is 0 Å². The molecule has 1 saturated heterocycles. The Morgan fingerprint density at radius 2 is 2.05 bits per heavy atom. The van der Waals surface area contributed by atoms with E-state index in [9.17, 15) is 4.79 Å². The van der Waals surface area contributed by atoms with Gasteiger partial charge in [-0.3, -0.25) is 10.1 Å². The maximum atomic E-state index is 12.9. The fourth-order valence-corrected chi connectivity index (χ4v) is 3.80. The van der Waals surface area contributed by atoms with Gasteiger partial charge in [0.05, 0.1) is 18.3 Å². The molecule has 1 unspecified atom stereocenters. The van der Waals surface area contributed by atoms with Crippen LogP contribution in [-0.2, 0) is 9.53 Å². The van der Waals surface area contributed by atoms with Crippen molar-refractivity contribution in [2.45, 2.75) is 70.5 Å². The Kier molecular flexibility index (Phi) is 4.55. The molecule has 1 atom stereocenters. The molecular formula is C17H30N2O2. The lowest BCUT2D eigenvalue weighted by Gasteiger charge is -2.25. The molecule has 0 radical (unpaired) electrons. The SMILES string of the molecule is CC(C)CC1NC2(CCCC2)C(=O)N1CCOCC1CC1. The summed E-state index contributed by atoms with van der Waals surface area (Å²) in [6.07, 6.45) is 8.28. The fraction of sp³-hybridized carbons (Fsp3) is 0.941. The van der Waals surface area contributed by atoms with Crippen LogP contribution in [0, 0.1) is 11.8 Å². The van der Waals surface area contributed by atoms with Crippen LogP contribution in [0.5, 0.6) is 0 Å². The van der Waals surface area contributed by atoms with Gasteiger partial charge in [-0.05, 0) is 43.9 Å².